The maximum atomic E-state index is 10.9. The number of carbonyl (C=O) groups is 2. The molecule has 0 aromatic rings. The lowest BCUT2D eigenvalue weighted by Crippen LogP contribution is -2.39. The first-order valence-electron chi connectivity index (χ1n) is 4.73. The fourth-order valence-electron chi connectivity index (χ4n) is 1.14. The van der Waals surface area contributed by atoms with Crippen LogP contribution in [0, 0.1) is 0 Å². The van der Waals surface area contributed by atoms with Gasteiger partial charge in [-0.15, -0.1) is 23.2 Å². The van der Waals surface area contributed by atoms with E-state index >= 15 is 0 Å². The Morgan fingerprint density at radius 2 is 1.17 bits per heavy atom. The zero-order valence-corrected chi connectivity index (χ0v) is 10.5. The van der Waals surface area contributed by atoms with Crippen LogP contribution in [0.4, 0.5) is 0 Å². The van der Waals surface area contributed by atoms with Gasteiger partial charge in [-0.2, -0.15) is 0 Å². The second-order valence-corrected chi connectivity index (χ2v) is 3.92. The lowest BCUT2D eigenvalue weighted by atomic mass is 10.1. The van der Waals surface area contributed by atoms with Crippen LogP contribution in [0.15, 0.2) is 24.3 Å². The van der Waals surface area contributed by atoms with Crippen LogP contribution in [0.2, 0.25) is 0 Å². The smallest absolute Gasteiger partial charge is 0.323 e. The van der Waals surface area contributed by atoms with Gasteiger partial charge in [0.2, 0.25) is 0 Å². The van der Waals surface area contributed by atoms with Crippen LogP contribution in [0.3, 0.4) is 0 Å². The molecule has 0 amide bonds. The topological polar surface area (TPSA) is 93.1 Å². The molecule has 2 N–H and O–H groups in total. The molecular formula is C10H10Cl2O6. The molecule has 0 fully saturated rings. The van der Waals surface area contributed by atoms with Gasteiger partial charge in [-0.1, -0.05) is 0 Å². The van der Waals surface area contributed by atoms with E-state index in [4.69, 9.17) is 23.2 Å². The Hall–Kier alpha value is -1.08. The quantitative estimate of drug-likeness (QED) is 0.330. The van der Waals surface area contributed by atoms with Crippen molar-refractivity contribution in [2.45, 2.75) is 11.6 Å². The fraction of sp³-hybridized carbons (Fsp3) is 0.400. The zero-order valence-electron chi connectivity index (χ0n) is 9.01. The normalized spacial score (nSPS) is 30.0. The lowest BCUT2D eigenvalue weighted by molar-refractivity contribution is -0.184. The molecule has 0 atom stereocenters. The average molecular weight is 297 g/mol. The van der Waals surface area contributed by atoms with E-state index in [0.29, 0.717) is 0 Å². The molecule has 0 spiro atoms. The van der Waals surface area contributed by atoms with Gasteiger partial charge in [0.05, 0.1) is 0 Å². The van der Waals surface area contributed by atoms with E-state index in [1.807, 2.05) is 0 Å². The third kappa shape index (κ3) is 3.99. The second kappa shape index (κ2) is 5.71. The van der Waals surface area contributed by atoms with Gasteiger partial charge >= 0.3 is 11.9 Å². The summed E-state index contributed by atoms with van der Waals surface area (Å²) in [6.07, 6.45) is 3.77. The number of esters is 2. The molecule has 0 heterocycles. The van der Waals surface area contributed by atoms with Crippen LogP contribution in [0.25, 0.3) is 0 Å². The number of rotatable bonds is 4. The van der Waals surface area contributed by atoms with Crippen LogP contribution in [0.1, 0.15) is 0 Å². The summed E-state index contributed by atoms with van der Waals surface area (Å²) in [4.78, 5) is 21.8. The van der Waals surface area contributed by atoms with Crippen LogP contribution in [-0.4, -0.2) is 45.5 Å². The molecule has 0 radical (unpaired) electrons. The van der Waals surface area contributed by atoms with Gasteiger partial charge in [0.25, 0.3) is 11.6 Å². The molecule has 0 unspecified atom stereocenters. The fourth-order valence-corrected chi connectivity index (χ4v) is 1.25. The first-order chi connectivity index (χ1) is 8.32. The van der Waals surface area contributed by atoms with Crippen LogP contribution in [-0.2, 0) is 19.1 Å². The maximum Gasteiger partial charge on any atom is 0.323 e. The molecule has 0 aliphatic heterocycles. The van der Waals surface area contributed by atoms with Crippen molar-refractivity contribution < 1.29 is 29.3 Å². The summed E-state index contributed by atoms with van der Waals surface area (Å²) < 4.78 is 9.17. The molecule has 0 saturated carbocycles. The van der Waals surface area contributed by atoms with Crippen LogP contribution in [0.5, 0.6) is 0 Å². The summed E-state index contributed by atoms with van der Waals surface area (Å²) in [5, 5.41) is 19.5. The van der Waals surface area contributed by atoms with Crippen molar-refractivity contribution in [2.75, 3.05) is 11.8 Å². The minimum atomic E-state index is -2.04. The van der Waals surface area contributed by atoms with Crippen molar-refractivity contribution in [1.29, 1.82) is 0 Å². The van der Waals surface area contributed by atoms with Crippen LogP contribution >= 0.6 is 23.2 Å². The van der Waals surface area contributed by atoms with Gasteiger partial charge in [-0.05, 0) is 24.3 Å². The molecule has 0 aromatic heterocycles. The average Bonchev–Trinajstić information content (AvgIpc) is 2.33. The number of aliphatic hydroxyl groups is 2. The van der Waals surface area contributed by atoms with Gasteiger partial charge in [-0.3, -0.25) is 9.59 Å². The predicted molar refractivity (Wildman–Crippen MR) is 61.8 cm³/mol. The first-order valence-corrected chi connectivity index (χ1v) is 5.80. The zero-order chi connectivity index (χ0) is 13.8. The Labute approximate surface area is 112 Å². The molecule has 1 rings (SSSR count). The Morgan fingerprint density at radius 1 is 0.889 bits per heavy atom. The number of carbonyl (C=O) groups excluding carboxylic acids is 2. The predicted octanol–water partition coefficient (Wildman–Crippen LogP) is 0.0536. The van der Waals surface area contributed by atoms with Crippen molar-refractivity contribution in [1.82, 2.24) is 0 Å². The Balaban J connectivity index is 2.73. The van der Waals surface area contributed by atoms with E-state index in [0.717, 1.165) is 24.3 Å². The summed E-state index contributed by atoms with van der Waals surface area (Å²) in [5.74, 6) is -6.64. The van der Waals surface area contributed by atoms with E-state index < -0.39 is 35.3 Å². The summed E-state index contributed by atoms with van der Waals surface area (Å²) >= 11 is 10.4. The number of hydrogen-bond donors (Lipinski definition) is 2. The SMILES string of the molecule is O=C(CCl)OC1(O)C=CC(O)(OC(=O)CCl)C=C1. The standard InChI is InChI=1S/C10H10Cl2O6/c11-5-7(13)17-9(15)1-2-10(16,4-3-9)18-8(14)6-12/h1-4,15-16H,5-6H2. The van der Waals surface area contributed by atoms with E-state index in [2.05, 4.69) is 9.47 Å². The molecule has 1 aliphatic carbocycles. The van der Waals surface area contributed by atoms with Crippen molar-refractivity contribution in [3.8, 4) is 0 Å². The highest BCUT2D eigenvalue weighted by atomic mass is 35.5. The van der Waals surface area contributed by atoms with Crippen molar-refractivity contribution >= 4 is 35.1 Å². The Morgan fingerprint density at radius 3 is 1.39 bits per heavy atom. The highest BCUT2D eigenvalue weighted by molar-refractivity contribution is 6.26. The summed E-state index contributed by atoms with van der Waals surface area (Å²) in [6, 6.07) is 0. The van der Waals surface area contributed by atoms with E-state index in [1.165, 1.54) is 0 Å². The molecule has 18 heavy (non-hydrogen) atoms. The third-order valence-corrected chi connectivity index (χ3v) is 2.33. The third-order valence-electron chi connectivity index (χ3n) is 1.89. The van der Waals surface area contributed by atoms with Gasteiger partial charge in [0, 0.05) is 0 Å². The monoisotopic (exact) mass is 296 g/mol. The van der Waals surface area contributed by atoms with E-state index in [1.54, 1.807) is 0 Å². The van der Waals surface area contributed by atoms with Crippen molar-refractivity contribution in [3.05, 3.63) is 24.3 Å². The van der Waals surface area contributed by atoms with Crippen LogP contribution < -0.4 is 0 Å². The number of hydrogen-bond acceptors (Lipinski definition) is 6. The van der Waals surface area contributed by atoms with Gasteiger partial charge in [0.15, 0.2) is 0 Å². The summed E-state index contributed by atoms with van der Waals surface area (Å²) in [6.45, 7) is 0. The molecule has 0 bridgehead atoms. The Bertz CT molecular complexity index is 353. The molecule has 100 valence electrons. The molecule has 0 saturated heterocycles. The lowest BCUT2D eigenvalue weighted by Gasteiger charge is -2.29. The van der Waals surface area contributed by atoms with Crippen molar-refractivity contribution in [3.63, 3.8) is 0 Å². The molecule has 0 aromatic carbocycles. The highest BCUT2D eigenvalue weighted by Crippen LogP contribution is 2.24. The number of alkyl halides is 2. The van der Waals surface area contributed by atoms with Gasteiger partial charge in [-0.25, -0.2) is 0 Å². The largest absolute Gasteiger partial charge is 0.425 e. The molecule has 6 nitrogen and oxygen atoms in total. The summed E-state index contributed by atoms with van der Waals surface area (Å²) in [7, 11) is 0. The van der Waals surface area contributed by atoms with Crippen molar-refractivity contribution in [2.24, 2.45) is 0 Å². The van der Waals surface area contributed by atoms with Gasteiger partial charge < -0.3 is 19.7 Å². The maximum absolute atomic E-state index is 10.9. The molecule has 1 aliphatic rings. The number of ether oxygens (including phenoxy) is 2. The first kappa shape index (κ1) is 15.0. The molecule has 8 heteroatoms. The second-order valence-electron chi connectivity index (χ2n) is 3.39. The Kier molecular flexibility index (Phi) is 4.75. The summed E-state index contributed by atoms with van der Waals surface area (Å²) in [5.41, 5.74) is 0. The highest BCUT2D eigenvalue weighted by Gasteiger charge is 2.35. The molecular weight excluding hydrogens is 287 g/mol. The van der Waals surface area contributed by atoms with E-state index in [-0.39, 0.29) is 0 Å². The van der Waals surface area contributed by atoms with Gasteiger partial charge in [0.1, 0.15) is 11.8 Å². The minimum Gasteiger partial charge on any atom is -0.425 e. The minimum absolute atomic E-state index is 0.435. The van der Waals surface area contributed by atoms with E-state index in [9.17, 15) is 19.8 Å². The number of halogens is 2.